The van der Waals surface area contributed by atoms with E-state index in [0.717, 1.165) is 12.1 Å². The number of nitrogens with zero attached hydrogens (tertiary/aromatic N) is 1. The molecule has 0 bridgehead atoms. The van der Waals surface area contributed by atoms with Gasteiger partial charge < -0.3 is 10.2 Å². The third-order valence-corrected chi connectivity index (χ3v) is 5.38. The number of carbonyl (C=O) groups is 2. The number of benzene rings is 3. The van der Waals surface area contributed by atoms with E-state index in [-0.39, 0.29) is 17.7 Å². The van der Waals surface area contributed by atoms with E-state index in [2.05, 4.69) is 5.32 Å². The first-order valence-electron chi connectivity index (χ1n) is 9.62. The van der Waals surface area contributed by atoms with Crippen LogP contribution in [0.15, 0.2) is 78.9 Å². The smallest absolute Gasteiger partial charge is 0.254 e. The van der Waals surface area contributed by atoms with Crippen molar-refractivity contribution in [2.75, 3.05) is 18.4 Å². The molecule has 0 spiro atoms. The maximum atomic E-state index is 13.2. The molecule has 1 unspecified atom stereocenters. The minimum atomic E-state index is -0.177. The second-order valence-electron chi connectivity index (χ2n) is 7.13. The van der Waals surface area contributed by atoms with Gasteiger partial charge in [0.1, 0.15) is 0 Å². The number of hydrogen-bond acceptors (Lipinski definition) is 3. The Morgan fingerprint density at radius 1 is 0.862 bits per heavy atom. The van der Waals surface area contributed by atoms with Gasteiger partial charge in [0, 0.05) is 41.0 Å². The largest absolute Gasteiger partial charge is 0.380 e. The Morgan fingerprint density at radius 3 is 2.24 bits per heavy atom. The molecule has 1 atom stereocenters. The van der Waals surface area contributed by atoms with Gasteiger partial charge in [0.25, 0.3) is 5.91 Å². The van der Waals surface area contributed by atoms with Gasteiger partial charge >= 0.3 is 0 Å². The number of likely N-dealkylation sites (tertiary alicyclic amines) is 1. The summed E-state index contributed by atoms with van der Waals surface area (Å²) in [4.78, 5) is 28.0. The zero-order valence-corrected chi connectivity index (χ0v) is 16.6. The number of amides is 1. The van der Waals surface area contributed by atoms with Gasteiger partial charge in [-0.1, -0.05) is 48.0 Å². The normalized spacial score (nSPS) is 15.9. The fraction of sp³-hybridized carbons (Fsp3) is 0.167. The Kier molecular flexibility index (Phi) is 5.63. The molecule has 1 saturated heterocycles. The van der Waals surface area contributed by atoms with E-state index in [1.165, 1.54) is 0 Å². The van der Waals surface area contributed by atoms with Gasteiger partial charge in [-0.15, -0.1) is 0 Å². The molecule has 3 aromatic carbocycles. The molecule has 4 nitrogen and oxygen atoms in total. The van der Waals surface area contributed by atoms with Crippen LogP contribution < -0.4 is 5.32 Å². The topological polar surface area (TPSA) is 49.4 Å². The summed E-state index contributed by atoms with van der Waals surface area (Å²) in [6.45, 7) is 1.27. The summed E-state index contributed by atoms with van der Waals surface area (Å²) in [7, 11) is 0. The van der Waals surface area contributed by atoms with Crippen molar-refractivity contribution in [1.29, 1.82) is 0 Å². The second kappa shape index (κ2) is 8.50. The van der Waals surface area contributed by atoms with Gasteiger partial charge in [-0.3, -0.25) is 9.59 Å². The Balaban J connectivity index is 1.51. The van der Waals surface area contributed by atoms with Crippen molar-refractivity contribution >= 4 is 29.0 Å². The molecule has 1 N–H and O–H groups in total. The number of nitrogens with one attached hydrogen (secondary N) is 1. The Hall–Kier alpha value is -3.11. The highest BCUT2D eigenvalue weighted by atomic mass is 35.5. The van der Waals surface area contributed by atoms with Crippen LogP contribution in [0.5, 0.6) is 0 Å². The van der Waals surface area contributed by atoms with E-state index in [1.54, 1.807) is 48.5 Å². The number of para-hydroxylation sites is 1. The van der Waals surface area contributed by atoms with Crippen LogP contribution in [-0.2, 0) is 0 Å². The number of carbonyl (C=O) groups excluding carboxylic acids is 2. The molecule has 0 saturated carbocycles. The highest BCUT2D eigenvalue weighted by Gasteiger charge is 2.29. The first-order valence-corrected chi connectivity index (χ1v) is 10.00. The van der Waals surface area contributed by atoms with Gasteiger partial charge in [0.2, 0.25) is 0 Å². The molecule has 1 heterocycles. The Morgan fingerprint density at radius 2 is 1.52 bits per heavy atom. The third kappa shape index (κ3) is 4.33. The van der Waals surface area contributed by atoms with Crippen LogP contribution in [0.3, 0.4) is 0 Å². The van der Waals surface area contributed by atoms with E-state index in [0.29, 0.717) is 34.8 Å². The molecule has 1 aliphatic heterocycles. The number of ketones is 1. The van der Waals surface area contributed by atoms with Crippen molar-refractivity contribution < 1.29 is 9.59 Å². The van der Waals surface area contributed by atoms with Crippen LogP contribution in [0, 0.1) is 0 Å². The van der Waals surface area contributed by atoms with E-state index in [4.69, 9.17) is 11.6 Å². The molecule has 1 fully saturated rings. The highest BCUT2D eigenvalue weighted by Crippen LogP contribution is 2.22. The maximum Gasteiger partial charge on any atom is 0.254 e. The van der Waals surface area contributed by atoms with Crippen LogP contribution in [0.1, 0.15) is 32.7 Å². The fourth-order valence-electron chi connectivity index (χ4n) is 3.63. The fourth-order valence-corrected chi connectivity index (χ4v) is 3.75. The van der Waals surface area contributed by atoms with Crippen molar-refractivity contribution in [3.8, 4) is 0 Å². The van der Waals surface area contributed by atoms with Crippen molar-refractivity contribution in [2.45, 2.75) is 12.5 Å². The molecule has 29 heavy (non-hydrogen) atoms. The van der Waals surface area contributed by atoms with Gasteiger partial charge in [-0.2, -0.15) is 0 Å². The van der Waals surface area contributed by atoms with Crippen LogP contribution in [0.25, 0.3) is 0 Å². The van der Waals surface area contributed by atoms with Crippen molar-refractivity contribution in [1.82, 2.24) is 4.90 Å². The minimum absolute atomic E-state index is 0.111. The van der Waals surface area contributed by atoms with E-state index in [1.807, 2.05) is 35.2 Å². The summed E-state index contributed by atoms with van der Waals surface area (Å²) < 4.78 is 0. The first-order chi connectivity index (χ1) is 14.1. The van der Waals surface area contributed by atoms with Crippen molar-refractivity contribution in [2.24, 2.45) is 0 Å². The lowest BCUT2D eigenvalue weighted by atomic mass is 9.97. The lowest BCUT2D eigenvalue weighted by Gasteiger charge is -2.19. The first kappa shape index (κ1) is 19.2. The minimum Gasteiger partial charge on any atom is -0.380 e. The van der Waals surface area contributed by atoms with Gasteiger partial charge in [0.05, 0.1) is 5.56 Å². The predicted octanol–water partition coefficient (Wildman–Crippen LogP) is 4.90. The highest BCUT2D eigenvalue weighted by molar-refractivity contribution is 6.30. The number of hydrogen-bond donors (Lipinski definition) is 1. The summed E-state index contributed by atoms with van der Waals surface area (Å²) in [5.41, 5.74) is 2.41. The predicted molar refractivity (Wildman–Crippen MR) is 116 cm³/mol. The number of halogens is 1. The molecule has 0 aromatic heterocycles. The average molecular weight is 405 g/mol. The molecule has 0 aliphatic carbocycles. The van der Waals surface area contributed by atoms with Crippen molar-refractivity contribution in [3.63, 3.8) is 0 Å². The van der Waals surface area contributed by atoms with Crippen LogP contribution in [-0.4, -0.2) is 35.7 Å². The zero-order valence-electron chi connectivity index (χ0n) is 15.8. The van der Waals surface area contributed by atoms with Gasteiger partial charge in [-0.25, -0.2) is 0 Å². The van der Waals surface area contributed by atoms with Crippen LogP contribution in [0.2, 0.25) is 5.02 Å². The molecule has 4 rings (SSSR count). The molecule has 0 radical (unpaired) electrons. The van der Waals surface area contributed by atoms with Gasteiger partial charge in [0.15, 0.2) is 5.78 Å². The van der Waals surface area contributed by atoms with Crippen molar-refractivity contribution in [3.05, 3.63) is 101 Å². The molecule has 146 valence electrons. The quantitative estimate of drug-likeness (QED) is 0.615. The summed E-state index contributed by atoms with van der Waals surface area (Å²) in [6, 6.07) is 23.9. The molecular weight excluding hydrogens is 384 g/mol. The SMILES string of the molecule is O=C(c1ccc(Cl)cc1)c1ccccc1C(=O)N1CCC(Nc2ccccc2)C1. The van der Waals surface area contributed by atoms with Crippen LogP contribution in [0.4, 0.5) is 5.69 Å². The molecule has 1 amide bonds. The van der Waals surface area contributed by atoms with E-state index in [9.17, 15) is 9.59 Å². The summed E-state index contributed by atoms with van der Waals surface area (Å²) >= 11 is 5.92. The average Bonchev–Trinajstić information content (AvgIpc) is 3.22. The van der Waals surface area contributed by atoms with Gasteiger partial charge in [-0.05, 0) is 48.9 Å². The molecule has 3 aromatic rings. The van der Waals surface area contributed by atoms with E-state index >= 15 is 0 Å². The standard InChI is InChI=1S/C24H21ClN2O2/c25-18-12-10-17(11-13-18)23(28)21-8-4-5-9-22(21)24(29)27-15-14-20(16-27)26-19-6-2-1-3-7-19/h1-13,20,26H,14-16H2. The maximum absolute atomic E-state index is 13.2. The monoisotopic (exact) mass is 404 g/mol. The molecule has 1 aliphatic rings. The number of rotatable bonds is 5. The second-order valence-corrected chi connectivity index (χ2v) is 7.57. The van der Waals surface area contributed by atoms with Crippen LogP contribution >= 0.6 is 11.6 Å². The molecule has 5 heteroatoms. The Labute approximate surface area is 175 Å². The lowest BCUT2D eigenvalue weighted by molar-refractivity contribution is 0.0787. The summed E-state index contributed by atoms with van der Waals surface area (Å²) in [6.07, 6.45) is 0.869. The van der Waals surface area contributed by atoms with E-state index < -0.39 is 0 Å². The third-order valence-electron chi connectivity index (χ3n) is 5.13. The molecular formula is C24H21ClN2O2. The Bertz CT molecular complexity index is 1020. The summed E-state index contributed by atoms with van der Waals surface area (Å²) in [5.74, 6) is -0.288. The lowest BCUT2D eigenvalue weighted by Crippen LogP contribution is -2.32. The number of anilines is 1. The summed E-state index contributed by atoms with van der Waals surface area (Å²) in [5, 5.41) is 4.04. The zero-order chi connectivity index (χ0) is 20.2.